The Balaban J connectivity index is 0. The molecule has 0 aromatic carbocycles. The predicted octanol–water partition coefficient (Wildman–Crippen LogP) is 0.671. The van der Waals surface area contributed by atoms with Gasteiger partial charge in [-0.05, 0) is 0 Å². The van der Waals surface area contributed by atoms with Gasteiger partial charge in [-0.2, -0.15) is 0 Å². The molecule has 0 saturated carbocycles. The second-order valence-corrected chi connectivity index (χ2v) is 0. The average molecular weight is 83.7 g/mol. The van der Waals surface area contributed by atoms with Crippen molar-refractivity contribution in [3.63, 3.8) is 0 Å². The van der Waals surface area contributed by atoms with E-state index >= 15 is 0 Å². The number of rotatable bonds is 0. The van der Waals surface area contributed by atoms with Crippen LogP contribution in [-0.4, -0.2) is 16.8 Å². The van der Waals surface area contributed by atoms with Gasteiger partial charge < -0.3 is 0 Å². The van der Waals surface area contributed by atoms with Crippen LogP contribution in [-0.2, 0) is 0 Å². The van der Waals surface area contributed by atoms with Crippen LogP contribution in [0.5, 0.6) is 0 Å². The fourth-order valence-corrected chi connectivity index (χ4v) is 0. The molecule has 4 heteroatoms. The van der Waals surface area contributed by atoms with Gasteiger partial charge in [0.1, 0.15) is 0 Å². The van der Waals surface area contributed by atoms with E-state index in [1.54, 1.807) is 0 Å². The Morgan fingerprint density at radius 3 is 0.800 bits per heavy atom. The third-order valence-corrected chi connectivity index (χ3v) is 0. The molecule has 5 heavy (non-hydrogen) atoms. The van der Waals surface area contributed by atoms with Gasteiger partial charge >= 0.3 is 0 Å². The molecule has 0 fully saturated rings. The number of hydrogen-bond donors (Lipinski definition) is 0. The Hall–Kier alpha value is -0.0101. The minimum atomic E-state index is 0. The third kappa shape index (κ3) is 154000. The fraction of sp³-hybridized carbons (Fsp3) is 1.00. The highest BCUT2D eigenvalue weighted by molar-refractivity contribution is 5.76. The van der Waals surface area contributed by atoms with Gasteiger partial charge in [-0.15, -0.1) is 0 Å². The van der Waals surface area contributed by atoms with Crippen molar-refractivity contribution in [3.8, 4) is 0 Å². The highest BCUT2D eigenvalue weighted by atomic mass is 19.0. The van der Waals surface area contributed by atoms with Crippen LogP contribution in [0.25, 0.3) is 0 Å². The molecule has 0 aliphatic carbocycles. The molecule has 0 aromatic heterocycles. The molecule has 0 amide bonds. The maximum absolute atomic E-state index is 0. The van der Waals surface area contributed by atoms with Gasteiger partial charge in [0.25, 0.3) is 0 Å². The molecule has 34 valence electrons. The first-order valence-electron chi connectivity index (χ1n) is 0. The lowest BCUT2D eigenvalue weighted by Gasteiger charge is -0.270. The number of hydrogen-bond acceptors (Lipinski definition) is 0. The molecule has 6 radical (unpaired) electrons. The lowest BCUT2D eigenvalue weighted by atomic mass is 10.8. The van der Waals surface area contributed by atoms with Crippen molar-refractivity contribution in [1.29, 1.82) is 0 Å². The van der Waals surface area contributed by atoms with Crippen molar-refractivity contribution in [2.75, 3.05) is 0 Å². The van der Waals surface area contributed by atoms with E-state index in [2.05, 4.69) is 0 Å². The zero-order valence-corrected chi connectivity index (χ0v) is 1.97. The Morgan fingerprint density at radius 1 is 0.800 bits per heavy atom. The summed E-state index contributed by atoms with van der Waals surface area (Å²) in [5.41, 5.74) is 0. The summed E-state index contributed by atoms with van der Waals surface area (Å²) in [4.78, 5) is 0. The molecule has 0 N–H and O–H groups in total. The lowest BCUT2D eigenvalue weighted by Crippen LogP contribution is -0.382. The molecule has 0 atom stereocenters. The normalized spacial score (nSPS) is 0. The van der Waals surface area contributed by atoms with Gasteiger partial charge in [0.05, 0.1) is 0 Å². The van der Waals surface area contributed by atoms with E-state index in [0.29, 0.717) is 0 Å². The Bertz CT molecular complexity index is 13.7. The third-order valence-electron chi connectivity index (χ3n) is 0. The molecule has 0 aromatic rings. The summed E-state index contributed by atoms with van der Waals surface area (Å²) >= 11 is 0. The first-order valence-corrected chi connectivity index (χ1v) is 0. The molecule has 0 aliphatic rings. The Morgan fingerprint density at radius 2 is 0.800 bits per heavy atom. The molecule has 0 heterocycles. The van der Waals surface area contributed by atoms with Crippen molar-refractivity contribution >= 4 is 16.8 Å². The van der Waals surface area contributed by atoms with Crippen LogP contribution < -0.4 is 0 Å². The van der Waals surface area contributed by atoms with Crippen molar-refractivity contribution in [3.05, 3.63) is 0 Å². The molecule has 0 unspecified atom stereocenters. The first kappa shape index (κ1) is 774000. The molecule has 0 nitrogen and oxygen atoms in total. The summed E-state index contributed by atoms with van der Waals surface area (Å²) in [5.74, 6) is 0. The Labute approximate surface area is 37.8 Å². The molecule has 0 aliphatic heterocycles. The van der Waals surface area contributed by atoms with Gasteiger partial charge in [-0.1, -0.05) is 7.43 Å². The van der Waals surface area contributed by atoms with Gasteiger partial charge in [-0.25, -0.2) is 0 Å². The second kappa shape index (κ2) is 348000. The zero-order valence-electron chi connectivity index (χ0n) is 1.97. The molecular formula is CH10B2F2. The van der Waals surface area contributed by atoms with E-state index in [-0.39, 0.29) is 36.5 Å². The fourth-order valence-electron chi connectivity index (χ4n) is 0. The largest absolute Gasteiger partial charge is 0.269 e. The minimum Gasteiger partial charge on any atom is -0.269 e. The summed E-state index contributed by atoms with van der Waals surface area (Å²) in [6.45, 7) is 0. The highest BCUT2D eigenvalue weighted by Gasteiger charge is 0.00104. The zero-order chi connectivity index (χ0) is 0. The van der Waals surface area contributed by atoms with Gasteiger partial charge in [0.15, 0.2) is 0 Å². The lowest BCUT2D eigenvalue weighted by molar-refractivity contribution is 1.11. The van der Waals surface area contributed by atoms with Crippen LogP contribution in [0.1, 0.15) is 10.3 Å². The molecule has 0 spiro atoms. The van der Waals surface area contributed by atoms with E-state index in [0.717, 1.165) is 0 Å². The maximum Gasteiger partial charge on any atom is 0 e. The smallest absolute Gasteiger partial charge is 0 e. The first-order chi connectivity index (χ1) is 0. The van der Waals surface area contributed by atoms with Crippen LogP contribution in [0.15, 0.2) is 0 Å². The van der Waals surface area contributed by atoms with Crippen molar-refractivity contribution in [2.24, 2.45) is 0 Å². The molecule has 0 saturated heterocycles. The summed E-state index contributed by atoms with van der Waals surface area (Å²) in [7, 11) is 0. The highest BCUT2D eigenvalue weighted by Crippen LogP contribution is 0.421. The average Bonchev–Trinajstić information content (AvgIpc) is 0. The van der Waals surface area contributed by atoms with Crippen molar-refractivity contribution < 1.29 is 12.3 Å². The second-order valence-electron chi connectivity index (χ2n) is 0. The van der Waals surface area contributed by atoms with E-state index in [4.69, 9.17) is 0 Å². The van der Waals surface area contributed by atoms with E-state index in [9.17, 15) is 0 Å². The van der Waals surface area contributed by atoms with Crippen LogP contribution in [0, 0.1) is 0 Å². The quantitative estimate of drug-likeness (QED) is 0.378. The number of halogens is 2. The maximum atomic E-state index is 0. The molecule has 0 bridgehead atoms. The molecular weight excluding hydrogens is 71.6 g/mol. The standard InChI is InChI=1S/CH4.2B.2FH.2H2/h1H4;;;4*1H/i;;;;;2*1+1. The van der Waals surface area contributed by atoms with E-state index < -0.39 is 0 Å². The molecule has 0 rings (SSSR count). The van der Waals surface area contributed by atoms with E-state index in [1.807, 2.05) is 0 Å². The van der Waals surface area contributed by atoms with Gasteiger partial charge in [0, 0.05) is 19.7 Å². The summed E-state index contributed by atoms with van der Waals surface area (Å²) in [6, 6.07) is 0. The van der Waals surface area contributed by atoms with Crippen LogP contribution >= 0.6 is 0 Å². The van der Waals surface area contributed by atoms with Crippen molar-refractivity contribution in [1.82, 2.24) is 0 Å². The van der Waals surface area contributed by atoms with E-state index in [1.165, 1.54) is 0 Å². The summed E-state index contributed by atoms with van der Waals surface area (Å²) < 4.78 is 0. The van der Waals surface area contributed by atoms with Gasteiger partial charge in [-0.3, -0.25) is 9.41 Å². The van der Waals surface area contributed by atoms with Crippen LogP contribution in [0.2, 0.25) is 0 Å². The predicted molar refractivity (Wildman–Crippen MR) is 27.5 cm³/mol. The van der Waals surface area contributed by atoms with Crippen LogP contribution in [0.3, 0.4) is 0 Å². The van der Waals surface area contributed by atoms with Crippen molar-refractivity contribution in [2.45, 2.75) is 7.43 Å². The monoisotopic (exact) mass is 84.1 g/mol. The minimum absolute atomic E-state index is 0. The van der Waals surface area contributed by atoms with Crippen LogP contribution in [0.4, 0.5) is 9.41 Å². The SMILES string of the molecule is C.F.F.[2HH].[2HH].[B].[B]. The summed E-state index contributed by atoms with van der Waals surface area (Å²) in [5, 5.41) is 0. The Kier molecular flexibility index (Phi) is 53800000000. The van der Waals surface area contributed by atoms with Gasteiger partial charge in [0.2, 0.25) is 0 Å². The summed E-state index contributed by atoms with van der Waals surface area (Å²) in [6.07, 6.45) is 0. The topological polar surface area (TPSA) is 0 Å².